The Labute approximate surface area is 113 Å². The Balaban J connectivity index is 2.06. The van der Waals surface area contributed by atoms with Gasteiger partial charge in [0.2, 0.25) is 0 Å². The molecule has 19 heavy (non-hydrogen) atoms. The third kappa shape index (κ3) is 3.28. The SMILES string of the molecule is CC(C)N(C)c1ccc(NCc2ccco2)cc1F. The van der Waals surface area contributed by atoms with E-state index in [4.69, 9.17) is 4.42 Å². The molecule has 1 aromatic heterocycles. The molecule has 0 amide bonds. The van der Waals surface area contributed by atoms with Crippen LogP contribution in [0.4, 0.5) is 15.8 Å². The number of anilines is 2. The highest BCUT2D eigenvalue weighted by Crippen LogP contribution is 2.23. The number of halogens is 1. The Hall–Kier alpha value is -1.97. The fraction of sp³-hybridized carbons (Fsp3) is 0.333. The minimum atomic E-state index is -0.222. The molecule has 0 radical (unpaired) electrons. The van der Waals surface area contributed by atoms with Gasteiger partial charge in [-0.05, 0) is 44.2 Å². The fourth-order valence-electron chi connectivity index (χ4n) is 1.78. The average Bonchev–Trinajstić information content (AvgIpc) is 2.88. The Kier molecular flexibility index (Phi) is 4.10. The zero-order valence-corrected chi connectivity index (χ0v) is 11.5. The first-order chi connectivity index (χ1) is 9.08. The van der Waals surface area contributed by atoms with Gasteiger partial charge in [-0.2, -0.15) is 0 Å². The zero-order valence-electron chi connectivity index (χ0n) is 11.5. The number of hydrogen-bond acceptors (Lipinski definition) is 3. The van der Waals surface area contributed by atoms with Gasteiger partial charge in [0.1, 0.15) is 11.6 Å². The van der Waals surface area contributed by atoms with E-state index in [1.165, 1.54) is 6.07 Å². The predicted octanol–water partition coefficient (Wildman–Crippen LogP) is 3.88. The van der Waals surface area contributed by atoms with Crippen molar-refractivity contribution in [1.29, 1.82) is 0 Å². The molecule has 0 aliphatic rings. The van der Waals surface area contributed by atoms with Crippen LogP contribution in [0, 0.1) is 5.82 Å². The number of rotatable bonds is 5. The molecule has 2 aromatic rings. The molecule has 0 atom stereocenters. The van der Waals surface area contributed by atoms with E-state index < -0.39 is 0 Å². The van der Waals surface area contributed by atoms with Crippen molar-refractivity contribution in [3.8, 4) is 0 Å². The smallest absolute Gasteiger partial charge is 0.148 e. The molecule has 0 spiro atoms. The van der Waals surface area contributed by atoms with Crippen molar-refractivity contribution < 1.29 is 8.81 Å². The molecule has 2 rings (SSSR count). The van der Waals surface area contributed by atoms with Crippen molar-refractivity contribution in [2.45, 2.75) is 26.4 Å². The summed E-state index contributed by atoms with van der Waals surface area (Å²) in [5.41, 5.74) is 1.35. The van der Waals surface area contributed by atoms with Crippen molar-refractivity contribution in [3.63, 3.8) is 0 Å². The summed E-state index contributed by atoms with van der Waals surface area (Å²) >= 11 is 0. The molecule has 1 N–H and O–H groups in total. The monoisotopic (exact) mass is 262 g/mol. The first-order valence-electron chi connectivity index (χ1n) is 6.36. The highest BCUT2D eigenvalue weighted by atomic mass is 19.1. The van der Waals surface area contributed by atoms with Crippen LogP contribution in [-0.2, 0) is 6.54 Å². The third-order valence-electron chi connectivity index (χ3n) is 3.15. The highest BCUT2D eigenvalue weighted by molar-refractivity contribution is 5.56. The number of nitrogens with one attached hydrogen (secondary N) is 1. The van der Waals surface area contributed by atoms with Crippen LogP contribution in [0.3, 0.4) is 0 Å². The van der Waals surface area contributed by atoms with Crippen molar-refractivity contribution in [2.24, 2.45) is 0 Å². The van der Waals surface area contributed by atoms with E-state index in [-0.39, 0.29) is 11.9 Å². The molecular formula is C15H19FN2O. The lowest BCUT2D eigenvalue weighted by Gasteiger charge is -2.24. The molecule has 1 heterocycles. The maximum Gasteiger partial charge on any atom is 0.148 e. The second-order valence-corrected chi connectivity index (χ2v) is 4.80. The number of furan rings is 1. The molecule has 0 unspecified atom stereocenters. The van der Waals surface area contributed by atoms with E-state index in [9.17, 15) is 4.39 Å². The van der Waals surface area contributed by atoms with Crippen molar-refractivity contribution in [1.82, 2.24) is 0 Å². The van der Waals surface area contributed by atoms with Gasteiger partial charge >= 0.3 is 0 Å². The number of hydrogen-bond donors (Lipinski definition) is 1. The van der Waals surface area contributed by atoms with Crippen molar-refractivity contribution in [2.75, 3.05) is 17.3 Å². The van der Waals surface area contributed by atoms with Crippen molar-refractivity contribution in [3.05, 3.63) is 48.2 Å². The van der Waals surface area contributed by atoms with Gasteiger partial charge in [0, 0.05) is 18.8 Å². The Morgan fingerprint density at radius 1 is 1.32 bits per heavy atom. The van der Waals surface area contributed by atoms with E-state index in [1.54, 1.807) is 12.3 Å². The molecule has 102 valence electrons. The summed E-state index contributed by atoms with van der Waals surface area (Å²) < 4.78 is 19.2. The van der Waals surface area contributed by atoms with Crippen LogP contribution in [0.5, 0.6) is 0 Å². The van der Waals surface area contributed by atoms with E-state index in [0.29, 0.717) is 12.2 Å². The maximum atomic E-state index is 14.0. The van der Waals surface area contributed by atoms with E-state index in [0.717, 1.165) is 11.4 Å². The molecule has 0 saturated heterocycles. The second kappa shape index (κ2) is 5.78. The summed E-state index contributed by atoms with van der Waals surface area (Å²) in [6.45, 7) is 4.61. The Bertz CT molecular complexity index is 523. The van der Waals surface area contributed by atoms with Gasteiger partial charge in [-0.15, -0.1) is 0 Å². The van der Waals surface area contributed by atoms with Gasteiger partial charge < -0.3 is 14.6 Å². The molecule has 1 aromatic carbocycles. The molecule has 4 heteroatoms. The first-order valence-corrected chi connectivity index (χ1v) is 6.36. The third-order valence-corrected chi connectivity index (χ3v) is 3.15. The topological polar surface area (TPSA) is 28.4 Å². The van der Waals surface area contributed by atoms with Crippen molar-refractivity contribution >= 4 is 11.4 Å². The quantitative estimate of drug-likeness (QED) is 0.886. The lowest BCUT2D eigenvalue weighted by atomic mass is 10.2. The molecular weight excluding hydrogens is 243 g/mol. The number of nitrogens with zero attached hydrogens (tertiary/aromatic N) is 1. The summed E-state index contributed by atoms with van der Waals surface area (Å²) in [5.74, 6) is 0.601. The molecule has 0 aliphatic heterocycles. The average molecular weight is 262 g/mol. The molecule has 0 saturated carbocycles. The minimum absolute atomic E-state index is 0.222. The van der Waals surface area contributed by atoms with E-state index in [2.05, 4.69) is 5.32 Å². The van der Waals surface area contributed by atoms with Crippen LogP contribution in [0.25, 0.3) is 0 Å². The molecule has 0 aliphatic carbocycles. The first kappa shape index (κ1) is 13.5. The Morgan fingerprint density at radius 2 is 2.11 bits per heavy atom. The number of benzene rings is 1. The maximum absolute atomic E-state index is 14.0. The fourth-order valence-corrected chi connectivity index (χ4v) is 1.78. The highest BCUT2D eigenvalue weighted by Gasteiger charge is 2.10. The van der Waals surface area contributed by atoms with Crippen LogP contribution in [0.15, 0.2) is 41.0 Å². The van der Waals surface area contributed by atoms with Gasteiger partial charge in [0.15, 0.2) is 0 Å². The van der Waals surface area contributed by atoms with Crippen LogP contribution >= 0.6 is 0 Å². The summed E-state index contributed by atoms with van der Waals surface area (Å²) in [6, 6.07) is 9.15. The van der Waals surface area contributed by atoms with Crippen LogP contribution in [0.1, 0.15) is 19.6 Å². The van der Waals surface area contributed by atoms with Crippen LogP contribution in [-0.4, -0.2) is 13.1 Å². The summed E-state index contributed by atoms with van der Waals surface area (Å²) in [6.07, 6.45) is 1.62. The minimum Gasteiger partial charge on any atom is -0.467 e. The standard InChI is InChI=1S/C15H19FN2O/c1-11(2)18(3)15-7-6-12(9-14(15)16)17-10-13-5-4-8-19-13/h4-9,11,17H,10H2,1-3H3. The summed E-state index contributed by atoms with van der Waals surface area (Å²) in [7, 11) is 1.89. The molecule has 0 fully saturated rings. The molecule has 3 nitrogen and oxygen atoms in total. The summed E-state index contributed by atoms with van der Waals surface area (Å²) in [4.78, 5) is 1.91. The van der Waals surface area contributed by atoms with E-state index in [1.807, 2.05) is 44.0 Å². The van der Waals surface area contributed by atoms with Crippen LogP contribution in [0.2, 0.25) is 0 Å². The van der Waals surface area contributed by atoms with Gasteiger partial charge in [-0.1, -0.05) is 0 Å². The second-order valence-electron chi connectivity index (χ2n) is 4.80. The van der Waals surface area contributed by atoms with E-state index >= 15 is 0 Å². The van der Waals surface area contributed by atoms with Gasteiger partial charge in [0.25, 0.3) is 0 Å². The van der Waals surface area contributed by atoms with Gasteiger partial charge in [0.05, 0.1) is 18.5 Å². The van der Waals surface area contributed by atoms with Gasteiger partial charge in [-0.25, -0.2) is 4.39 Å². The predicted molar refractivity (Wildman–Crippen MR) is 76.0 cm³/mol. The summed E-state index contributed by atoms with van der Waals surface area (Å²) in [5, 5.41) is 3.13. The van der Waals surface area contributed by atoms with Crippen LogP contribution < -0.4 is 10.2 Å². The van der Waals surface area contributed by atoms with Gasteiger partial charge in [-0.3, -0.25) is 0 Å². The lowest BCUT2D eigenvalue weighted by Crippen LogP contribution is -2.26. The molecule has 0 bridgehead atoms. The largest absolute Gasteiger partial charge is 0.467 e. The normalized spacial score (nSPS) is 10.8. The zero-order chi connectivity index (χ0) is 13.8. The lowest BCUT2D eigenvalue weighted by molar-refractivity contribution is 0.518. The Morgan fingerprint density at radius 3 is 2.68 bits per heavy atom.